The minimum absolute atomic E-state index is 0.168. The molecular formula is C19H20N2O3. The van der Waals surface area contributed by atoms with Gasteiger partial charge in [-0.2, -0.15) is 5.10 Å². The summed E-state index contributed by atoms with van der Waals surface area (Å²) in [7, 11) is 0. The molecule has 2 aromatic carbocycles. The molecule has 1 aliphatic heterocycles. The number of carbonyl (C=O) groups is 1. The molecule has 0 unspecified atom stereocenters. The molecular weight excluding hydrogens is 304 g/mol. The van der Waals surface area contributed by atoms with Crippen molar-refractivity contribution in [3.63, 3.8) is 0 Å². The second-order valence-electron chi connectivity index (χ2n) is 5.91. The molecule has 0 saturated carbocycles. The average Bonchev–Trinajstić information content (AvgIpc) is 2.56. The second-order valence-corrected chi connectivity index (χ2v) is 5.91. The van der Waals surface area contributed by atoms with Crippen LogP contribution in [0.5, 0.6) is 11.5 Å². The predicted octanol–water partition coefficient (Wildman–Crippen LogP) is 2.90. The molecule has 3 rings (SSSR count). The van der Waals surface area contributed by atoms with Gasteiger partial charge in [-0.3, -0.25) is 4.79 Å². The van der Waals surface area contributed by atoms with E-state index >= 15 is 0 Å². The second kappa shape index (κ2) is 6.74. The fourth-order valence-corrected chi connectivity index (χ4v) is 2.78. The summed E-state index contributed by atoms with van der Waals surface area (Å²) >= 11 is 0. The van der Waals surface area contributed by atoms with Crippen LogP contribution in [0.25, 0.3) is 0 Å². The van der Waals surface area contributed by atoms with Gasteiger partial charge in [-0.15, -0.1) is 0 Å². The lowest BCUT2D eigenvalue weighted by atomic mass is 10.0. The van der Waals surface area contributed by atoms with Crippen molar-refractivity contribution >= 4 is 12.1 Å². The topological polar surface area (TPSA) is 59.9 Å². The third kappa shape index (κ3) is 3.40. The molecule has 0 aliphatic carbocycles. The number of aryl methyl sites for hydroxylation is 3. The smallest absolute Gasteiger partial charge is 0.284 e. The van der Waals surface area contributed by atoms with Crippen molar-refractivity contribution in [2.24, 2.45) is 5.10 Å². The summed E-state index contributed by atoms with van der Waals surface area (Å²) in [6.45, 7) is 6.28. The van der Waals surface area contributed by atoms with Gasteiger partial charge >= 0.3 is 0 Å². The Morgan fingerprint density at radius 3 is 2.54 bits per heavy atom. The first kappa shape index (κ1) is 16.1. The molecule has 1 heterocycles. The zero-order chi connectivity index (χ0) is 17.1. The number of hydrogen-bond acceptors (Lipinski definition) is 4. The lowest BCUT2D eigenvalue weighted by Crippen LogP contribution is -2.42. The molecule has 5 nitrogen and oxygen atoms in total. The summed E-state index contributed by atoms with van der Waals surface area (Å²) in [5, 5.41) is 4.06. The van der Waals surface area contributed by atoms with E-state index < -0.39 is 6.10 Å². The number of carbonyl (C=O) groups excluding carboxylic acids is 1. The Bertz CT molecular complexity index is 776. The SMILES string of the molecule is Cc1cc(C)c(/C=N\NC(=O)[C@@H]2COc3ccccc3O2)c(C)c1. The first-order chi connectivity index (χ1) is 11.5. The summed E-state index contributed by atoms with van der Waals surface area (Å²) in [5.74, 6) is 0.886. The number of para-hydroxylation sites is 2. The number of ether oxygens (including phenoxy) is 2. The van der Waals surface area contributed by atoms with E-state index in [9.17, 15) is 4.79 Å². The van der Waals surface area contributed by atoms with E-state index in [4.69, 9.17) is 9.47 Å². The summed E-state index contributed by atoms with van der Waals surface area (Å²) in [5.41, 5.74) is 6.98. The van der Waals surface area contributed by atoms with Crippen LogP contribution in [-0.4, -0.2) is 24.8 Å². The zero-order valence-electron chi connectivity index (χ0n) is 14.0. The van der Waals surface area contributed by atoms with Crippen molar-refractivity contribution in [2.75, 3.05) is 6.61 Å². The van der Waals surface area contributed by atoms with Crippen molar-refractivity contribution in [2.45, 2.75) is 26.9 Å². The highest BCUT2D eigenvalue weighted by atomic mass is 16.6. The van der Waals surface area contributed by atoms with Gasteiger partial charge in [0.1, 0.15) is 6.61 Å². The Kier molecular flexibility index (Phi) is 4.51. The van der Waals surface area contributed by atoms with Gasteiger partial charge in [-0.05, 0) is 44.0 Å². The molecule has 5 heteroatoms. The van der Waals surface area contributed by atoms with E-state index in [0.29, 0.717) is 11.5 Å². The van der Waals surface area contributed by atoms with Gasteiger partial charge < -0.3 is 9.47 Å². The standard InChI is InChI=1S/C19H20N2O3/c1-12-8-13(2)15(14(3)9-12)10-20-21-19(22)18-11-23-16-6-4-5-7-17(16)24-18/h4-10,18H,11H2,1-3H3,(H,21,22)/b20-10-/t18-/m0/s1. The maximum absolute atomic E-state index is 12.2. The fraction of sp³-hybridized carbons (Fsp3) is 0.263. The molecule has 0 bridgehead atoms. The number of nitrogens with zero attached hydrogens (tertiary/aromatic N) is 1. The lowest BCUT2D eigenvalue weighted by Gasteiger charge is -2.24. The number of amides is 1. The lowest BCUT2D eigenvalue weighted by molar-refractivity contribution is -0.130. The van der Waals surface area contributed by atoms with Crippen LogP contribution in [0.4, 0.5) is 0 Å². The Hall–Kier alpha value is -2.82. The van der Waals surface area contributed by atoms with Gasteiger partial charge in [-0.25, -0.2) is 5.43 Å². The molecule has 0 aromatic heterocycles. The Balaban J connectivity index is 1.64. The van der Waals surface area contributed by atoms with E-state index in [0.717, 1.165) is 16.7 Å². The largest absolute Gasteiger partial charge is 0.485 e. The fourth-order valence-electron chi connectivity index (χ4n) is 2.78. The van der Waals surface area contributed by atoms with E-state index in [1.165, 1.54) is 5.56 Å². The molecule has 2 aromatic rings. The van der Waals surface area contributed by atoms with Crippen LogP contribution in [0.1, 0.15) is 22.3 Å². The molecule has 1 amide bonds. The molecule has 0 spiro atoms. The molecule has 1 atom stereocenters. The first-order valence-corrected chi connectivity index (χ1v) is 7.84. The van der Waals surface area contributed by atoms with Crippen LogP contribution in [0, 0.1) is 20.8 Å². The van der Waals surface area contributed by atoms with Gasteiger partial charge in [0.2, 0.25) is 6.10 Å². The maximum atomic E-state index is 12.2. The van der Waals surface area contributed by atoms with Crippen molar-refractivity contribution in [1.82, 2.24) is 5.43 Å². The number of hydrogen-bond donors (Lipinski definition) is 1. The Morgan fingerprint density at radius 2 is 1.83 bits per heavy atom. The summed E-state index contributed by atoms with van der Waals surface area (Å²) in [6, 6.07) is 11.5. The van der Waals surface area contributed by atoms with Crippen molar-refractivity contribution in [1.29, 1.82) is 0 Å². The van der Waals surface area contributed by atoms with Crippen LogP contribution < -0.4 is 14.9 Å². The minimum atomic E-state index is -0.711. The highest BCUT2D eigenvalue weighted by molar-refractivity contribution is 5.87. The van der Waals surface area contributed by atoms with Crippen molar-refractivity contribution in [3.05, 3.63) is 58.7 Å². The zero-order valence-corrected chi connectivity index (χ0v) is 14.0. The molecule has 24 heavy (non-hydrogen) atoms. The maximum Gasteiger partial charge on any atom is 0.284 e. The predicted molar refractivity (Wildman–Crippen MR) is 92.7 cm³/mol. The summed E-state index contributed by atoms with van der Waals surface area (Å²) in [6.07, 6.45) is 0.955. The Morgan fingerprint density at radius 1 is 1.17 bits per heavy atom. The molecule has 1 aliphatic rings. The van der Waals surface area contributed by atoms with Crippen LogP contribution >= 0.6 is 0 Å². The first-order valence-electron chi connectivity index (χ1n) is 7.84. The number of rotatable bonds is 3. The van der Waals surface area contributed by atoms with Gasteiger partial charge in [0.25, 0.3) is 5.91 Å². The number of benzene rings is 2. The van der Waals surface area contributed by atoms with Crippen molar-refractivity contribution in [3.8, 4) is 11.5 Å². The van der Waals surface area contributed by atoms with E-state index in [1.807, 2.05) is 32.0 Å². The number of nitrogens with one attached hydrogen (secondary N) is 1. The van der Waals surface area contributed by atoms with Gasteiger partial charge in [0.15, 0.2) is 11.5 Å². The highest BCUT2D eigenvalue weighted by Crippen LogP contribution is 2.30. The van der Waals surface area contributed by atoms with Crippen LogP contribution in [0.2, 0.25) is 0 Å². The van der Waals surface area contributed by atoms with E-state index in [2.05, 4.69) is 29.6 Å². The van der Waals surface area contributed by atoms with E-state index in [1.54, 1.807) is 12.3 Å². The Labute approximate surface area is 141 Å². The summed E-state index contributed by atoms with van der Waals surface area (Å²) in [4.78, 5) is 12.2. The minimum Gasteiger partial charge on any atom is -0.485 e. The highest BCUT2D eigenvalue weighted by Gasteiger charge is 2.26. The van der Waals surface area contributed by atoms with Gasteiger partial charge in [0, 0.05) is 5.56 Å². The average molecular weight is 324 g/mol. The van der Waals surface area contributed by atoms with Crippen LogP contribution in [0.3, 0.4) is 0 Å². The summed E-state index contributed by atoms with van der Waals surface area (Å²) < 4.78 is 11.2. The quantitative estimate of drug-likeness (QED) is 0.697. The van der Waals surface area contributed by atoms with Crippen molar-refractivity contribution < 1.29 is 14.3 Å². The van der Waals surface area contributed by atoms with Gasteiger partial charge in [-0.1, -0.05) is 29.8 Å². The molecule has 124 valence electrons. The normalized spacial score (nSPS) is 16.2. The third-order valence-electron chi connectivity index (χ3n) is 3.91. The number of fused-ring (bicyclic) bond motifs is 1. The molecule has 1 N–H and O–H groups in total. The van der Waals surface area contributed by atoms with E-state index in [-0.39, 0.29) is 12.5 Å². The monoisotopic (exact) mass is 324 g/mol. The number of hydrazone groups is 1. The van der Waals surface area contributed by atoms with Crippen LogP contribution in [-0.2, 0) is 4.79 Å². The third-order valence-corrected chi connectivity index (χ3v) is 3.91. The van der Waals surface area contributed by atoms with Crippen LogP contribution in [0.15, 0.2) is 41.5 Å². The molecule has 0 fully saturated rings. The van der Waals surface area contributed by atoms with Gasteiger partial charge in [0.05, 0.1) is 6.21 Å². The molecule has 0 radical (unpaired) electrons. The molecule has 0 saturated heterocycles.